The molecule has 13 nitrogen and oxygen atoms in total. The molecule has 2 aliphatic heterocycles. The first-order valence-electron chi connectivity index (χ1n) is 20.6. The minimum atomic E-state index is -1.09. The Labute approximate surface area is 358 Å². The normalized spacial score (nSPS) is 17.3. The van der Waals surface area contributed by atoms with E-state index in [0.29, 0.717) is 39.0 Å². The van der Waals surface area contributed by atoms with Gasteiger partial charge >= 0.3 is 18.2 Å². The fourth-order valence-corrected chi connectivity index (χ4v) is 8.16. The summed E-state index contributed by atoms with van der Waals surface area (Å²) in [5.74, 6) is -0.619. The van der Waals surface area contributed by atoms with E-state index in [4.69, 9.17) is 28.7 Å². The molecule has 0 unspecified atom stereocenters. The molecule has 2 aliphatic rings. The molecule has 0 bridgehead atoms. The zero-order chi connectivity index (χ0) is 43.4. The van der Waals surface area contributed by atoms with Crippen molar-refractivity contribution in [3.8, 4) is 11.3 Å². The van der Waals surface area contributed by atoms with Gasteiger partial charge in [0.2, 0.25) is 0 Å². The Hall–Kier alpha value is -3.98. The Bertz CT molecular complexity index is 2050. The smallest absolute Gasteiger partial charge is 0.430 e. The minimum Gasteiger partial charge on any atom is -0.464 e. The van der Waals surface area contributed by atoms with Gasteiger partial charge in [0, 0.05) is 59.3 Å². The highest BCUT2D eigenvalue weighted by atomic mass is 79.9. The molecule has 0 spiro atoms. The van der Waals surface area contributed by atoms with Gasteiger partial charge in [-0.3, -0.25) is 4.98 Å². The van der Waals surface area contributed by atoms with E-state index >= 15 is 0 Å². The number of nitrogens with one attached hydrogen (secondary N) is 1. The van der Waals surface area contributed by atoms with E-state index in [-0.39, 0.29) is 19.3 Å². The van der Waals surface area contributed by atoms with E-state index in [2.05, 4.69) is 70.9 Å². The van der Waals surface area contributed by atoms with Crippen LogP contribution >= 0.6 is 15.9 Å². The third kappa shape index (κ3) is 11.0. The molecule has 0 saturated carbocycles. The lowest BCUT2D eigenvalue weighted by Gasteiger charge is -2.43. The van der Waals surface area contributed by atoms with Gasteiger partial charge < -0.3 is 33.6 Å². The highest BCUT2D eigenvalue weighted by Crippen LogP contribution is 2.43. The van der Waals surface area contributed by atoms with Crippen molar-refractivity contribution in [2.75, 3.05) is 47.1 Å². The Morgan fingerprint density at radius 2 is 1.73 bits per heavy atom. The molecule has 1 fully saturated rings. The molecule has 14 heteroatoms. The maximum Gasteiger partial charge on any atom is 0.430 e. The summed E-state index contributed by atoms with van der Waals surface area (Å²) in [6.07, 6.45) is 2.19. The number of methoxy groups -OCH3 is 1. The number of amides is 2. The zero-order valence-corrected chi connectivity index (χ0v) is 38.6. The van der Waals surface area contributed by atoms with Crippen LogP contribution in [-0.4, -0.2) is 102 Å². The van der Waals surface area contributed by atoms with Gasteiger partial charge in [-0.2, -0.15) is 5.01 Å². The number of aryl methyl sites for hydroxylation is 1. The van der Waals surface area contributed by atoms with Crippen LogP contribution in [0.25, 0.3) is 27.7 Å². The lowest BCUT2D eigenvalue weighted by Crippen LogP contribution is -2.61. The fraction of sp³-hybridized carbons (Fsp3) is 0.600. The number of hydrogen-bond acceptors (Lipinski definition) is 10. The summed E-state index contributed by atoms with van der Waals surface area (Å²) in [6, 6.07) is 7.51. The second-order valence-electron chi connectivity index (χ2n) is 18.2. The van der Waals surface area contributed by atoms with E-state index in [0.717, 1.165) is 61.4 Å². The molecule has 59 heavy (non-hydrogen) atoms. The van der Waals surface area contributed by atoms with Gasteiger partial charge in [-0.1, -0.05) is 29.8 Å². The van der Waals surface area contributed by atoms with Crippen molar-refractivity contribution >= 4 is 50.6 Å². The fourth-order valence-electron chi connectivity index (χ4n) is 7.80. The number of carbonyl (C=O) groups excluding carboxylic acids is 3. The van der Waals surface area contributed by atoms with E-state index in [1.54, 1.807) is 48.7 Å². The molecule has 4 heterocycles. The number of ether oxygens (including phenoxy) is 5. The number of carbonyl (C=O) groups is 3. The van der Waals surface area contributed by atoms with E-state index < -0.39 is 40.8 Å². The molecule has 1 saturated heterocycles. The maximum atomic E-state index is 14.1. The molecule has 2 atom stereocenters. The van der Waals surface area contributed by atoms with Gasteiger partial charge in [-0.05, 0) is 135 Å². The van der Waals surface area contributed by atoms with Crippen LogP contribution in [0.3, 0.4) is 0 Å². The maximum absolute atomic E-state index is 14.1. The molecule has 1 N–H and O–H groups in total. The number of likely N-dealkylation sites (N-methyl/N-ethyl adjacent to an activating group) is 1. The largest absolute Gasteiger partial charge is 0.464 e. The van der Waals surface area contributed by atoms with Crippen molar-refractivity contribution < 1.29 is 38.1 Å². The summed E-state index contributed by atoms with van der Waals surface area (Å²) in [7, 11) is 3.64. The molecule has 1 aromatic carbocycles. The lowest BCUT2D eigenvalue weighted by molar-refractivity contribution is -0.164. The molecule has 0 radical (unpaired) electrons. The highest BCUT2D eigenvalue weighted by molar-refractivity contribution is 9.10. The second kappa shape index (κ2) is 18.7. The van der Waals surface area contributed by atoms with Crippen molar-refractivity contribution in [3.63, 3.8) is 0 Å². The predicted octanol–water partition coefficient (Wildman–Crippen LogP) is 9.25. The summed E-state index contributed by atoms with van der Waals surface area (Å²) >= 11 is 3.74. The summed E-state index contributed by atoms with van der Waals surface area (Å²) in [5.41, 5.74) is 6.23. The molecular formula is C45H64BrN5O8. The number of nitrogens with zero attached hydrogens (tertiary/aromatic N) is 4. The standard InChI is InChI=1S/C45H64BrN5O8/c1-13-49-36-17-16-31(46)22-33(36)35(39(49)34-21-29(25-48-38(34)28(2)55-12)32-18-20-56-26-30(32)24-47-11)23-45(9,10)27-57-40(52)37-15-14-19-50(41(53)58-43(3,4)5)51(37)42(54)59-44(6,7)8/h16-17,21-22,25,28,37,47H,13-15,18-20,23-24,26-27H2,1-12H3/t28-,37-/m0/s1. The molecule has 2 aromatic heterocycles. The predicted molar refractivity (Wildman–Crippen MR) is 233 cm³/mol. The van der Waals surface area contributed by atoms with E-state index in [9.17, 15) is 14.4 Å². The highest BCUT2D eigenvalue weighted by Gasteiger charge is 2.44. The van der Waals surface area contributed by atoms with Crippen LogP contribution in [0.5, 0.6) is 0 Å². The molecular weight excluding hydrogens is 818 g/mol. The molecule has 0 aliphatic carbocycles. The van der Waals surface area contributed by atoms with Crippen molar-refractivity contribution in [3.05, 3.63) is 57.3 Å². The summed E-state index contributed by atoms with van der Waals surface area (Å²) < 4.78 is 32.6. The van der Waals surface area contributed by atoms with Gasteiger partial charge in [0.05, 0.1) is 37.3 Å². The van der Waals surface area contributed by atoms with Crippen molar-refractivity contribution in [1.82, 2.24) is 24.9 Å². The van der Waals surface area contributed by atoms with Crippen LogP contribution in [0.4, 0.5) is 9.59 Å². The third-order valence-corrected chi connectivity index (χ3v) is 10.9. The lowest BCUT2D eigenvalue weighted by atomic mass is 9.84. The number of esters is 1. The monoisotopic (exact) mass is 881 g/mol. The Morgan fingerprint density at radius 1 is 1.03 bits per heavy atom. The number of benzene rings is 1. The van der Waals surface area contributed by atoms with Crippen molar-refractivity contribution in [2.45, 2.75) is 125 Å². The Morgan fingerprint density at radius 3 is 2.37 bits per heavy atom. The Kier molecular flexibility index (Phi) is 14.6. The first-order chi connectivity index (χ1) is 27.7. The molecule has 2 amide bonds. The van der Waals surface area contributed by atoms with Gasteiger partial charge in [0.15, 0.2) is 6.04 Å². The molecule has 3 aromatic rings. The second-order valence-corrected chi connectivity index (χ2v) is 19.1. The number of halogens is 1. The van der Waals surface area contributed by atoms with Crippen LogP contribution in [0.2, 0.25) is 0 Å². The van der Waals surface area contributed by atoms with E-state index in [1.807, 2.05) is 20.2 Å². The number of hydrazine groups is 1. The number of aromatic nitrogens is 2. The average molecular weight is 883 g/mol. The summed E-state index contributed by atoms with van der Waals surface area (Å²) in [6.45, 7) is 21.6. The zero-order valence-electron chi connectivity index (χ0n) is 37.0. The van der Waals surface area contributed by atoms with Crippen LogP contribution in [-0.2, 0) is 41.4 Å². The van der Waals surface area contributed by atoms with Gasteiger partial charge in [-0.15, -0.1) is 0 Å². The van der Waals surface area contributed by atoms with Crippen LogP contribution in [0.15, 0.2) is 40.5 Å². The van der Waals surface area contributed by atoms with Crippen LogP contribution in [0.1, 0.15) is 111 Å². The van der Waals surface area contributed by atoms with Gasteiger partial charge in [0.1, 0.15) is 11.2 Å². The number of fused-ring (bicyclic) bond motifs is 1. The third-order valence-electron chi connectivity index (χ3n) is 10.4. The average Bonchev–Trinajstić information content (AvgIpc) is 3.46. The quantitative estimate of drug-likeness (QED) is 0.139. The molecule has 324 valence electrons. The molecule has 5 rings (SSSR count). The first kappa shape index (κ1) is 46.1. The van der Waals surface area contributed by atoms with Gasteiger partial charge in [0.25, 0.3) is 0 Å². The van der Waals surface area contributed by atoms with E-state index in [1.165, 1.54) is 16.2 Å². The van der Waals surface area contributed by atoms with Crippen LogP contribution in [0, 0.1) is 5.41 Å². The SMILES string of the molecule is CCn1c(-c2cc(C3=C(CNC)COCC3)cnc2[C@H](C)OC)c(CC(C)(C)COC(=O)[C@@H]2CCCN(C(=O)OC(C)(C)C)N2C(=O)OC(C)(C)C)c2cc(Br)ccc21. The Balaban J connectivity index is 1.55. The van der Waals surface area contributed by atoms with Crippen molar-refractivity contribution in [1.29, 1.82) is 0 Å². The first-order valence-corrected chi connectivity index (χ1v) is 21.4. The summed E-state index contributed by atoms with van der Waals surface area (Å²) in [5, 5.41) is 6.63. The number of hydrogen-bond donors (Lipinski definition) is 1. The number of rotatable bonds is 12. The summed E-state index contributed by atoms with van der Waals surface area (Å²) in [4.78, 5) is 46.3. The topological polar surface area (TPSA) is 134 Å². The van der Waals surface area contributed by atoms with Gasteiger partial charge in [-0.25, -0.2) is 19.4 Å². The number of pyridine rings is 1. The van der Waals surface area contributed by atoms with Crippen molar-refractivity contribution in [2.24, 2.45) is 5.41 Å². The van der Waals surface area contributed by atoms with Crippen LogP contribution < -0.4 is 5.32 Å². The minimum absolute atomic E-state index is 0.0447.